The minimum Gasteiger partial charge on any atom is -0.271 e. The highest BCUT2D eigenvalue weighted by atomic mass is 35.5. The lowest BCUT2D eigenvalue weighted by Crippen LogP contribution is -2.28. The number of rotatable bonds is 3. The van der Waals surface area contributed by atoms with Gasteiger partial charge in [0.2, 0.25) is 0 Å². The molecule has 2 rings (SSSR count). The molecule has 94 valence electrons. The fourth-order valence-corrected chi connectivity index (χ4v) is 2.23. The van der Waals surface area contributed by atoms with Crippen LogP contribution in [0, 0.1) is 6.92 Å². The third kappa shape index (κ3) is 2.85. The summed E-state index contributed by atoms with van der Waals surface area (Å²) in [4.78, 5) is 0. The van der Waals surface area contributed by atoms with Crippen LogP contribution in [0.2, 0.25) is 10.0 Å². The quantitative estimate of drug-likeness (QED) is 0.662. The Morgan fingerprint density at radius 1 is 1.00 bits per heavy atom. The van der Waals surface area contributed by atoms with E-state index in [-0.39, 0.29) is 6.04 Å². The lowest BCUT2D eigenvalue weighted by molar-refractivity contribution is 0.636. The van der Waals surface area contributed by atoms with Crippen LogP contribution >= 0.6 is 23.2 Å². The van der Waals surface area contributed by atoms with E-state index in [9.17, 15) is 0 Å². The Morgan fingerprint density at radius 3 is 2.33 bits per heavy atom. The smallest absolute Gasteiger partial charge is 0.0710 e. The van der Waals surface area contributed by atoms with Crippen LogP contribution in [-0.4, -0.2) is 0 Å². The Labute approximate surface area is 117 Å². The van der Waals surface area contributed by atoms with Gasteiger partial charge in [-0.1, -0.05) is 59.1 Å². The molecule has 0 heterocycles. The third-order valence-electron chi connectivity index (χ3n) is 2.82. The van der Waals surface area contributed by atoms with Crippen LogP contribution in [-0.2, 0) is 0 Å². The summed E-state index contributed by atoms with van der Waals surface area (Å²) in [5.41, 5.74) is 6.07. The maximum absolute atomic E-state index is 6.03. The minimum absolute atomic E-state index is 0.0975. The molecule has 0 amide bonds. The van der Waals surface area contributed by atoms with E-state index in [1.54, 1.807) is 6.07 Å². The molecule has 18 heavy (non-hydrogen) atoms. The third-order valence-corrected chi connectivity index (χ3v) is 3.56. The van der Waals surface area contributed by atoms with Gasteiger partial charge >= 0.3 is 0 Å². The molecule has 0 saturated carbocycles. The molecular weight excluding hydrogens is 267 g/mol. The average Bonchev–Trinajstić information content (AvgIpc) is 2.35. The Kier molecular flexibility index (Phi) is 4.25. The molecule has 3 N–H and O–H groups in total. The SMILES string of the molecule is Cc1cccc(C(NN)c2ccc(Cl)c(Cl)c2)c1. The number of halogens is 2. The molecule has 2 nitrogen and oxygen atoms in total. The summed E-state index contributed by atoms with van der Waals surface area (Å²) in [5, 5.41) is 1.07. The van der Waals surface area contributed by atoms with Gasteiger partial charge in [0.25, 0.3) is 0 Å². The zero-order chi connectivity index (χ0) is 13.1. The fourth-order valence-electron chi connectivity index (χ4n) is 1.93. The van der Waals surface area contributed by atoms with Crippen molar-refractivity contribution in [1.82, 2.24) is 5.43 Å². The van der Waals surface area contributed by atoms with E-state index < -0.39 is 0 Å². The molecule has 2 aromatic rings. The second-order valence-corrected chi connectivity index (χ2v) is 5.00. The number of hydrazine groups is 1. The predicted octanol–water partition coefficient (Wildman–Crippen LogP) is 3.85. The number of benzene rings is 2. The van der Waals surface area contributed by atoms with Crippen LogP contribution in [0.1, 0.15) is 22.7 Å². The van der Waals surface area contributed by atoms with Gasteiger partial charge in [0, 0.05) is 0 Å². The Hall–Kier alpha value is -1.06. The van der Waals surface area contributed by atoms with Crippen molar-refractivity contribution in [2.45, 2.75) is 13.0 Å². The molecule has 4 heteroatoms. The first-order chi connectivity index (χ1) is 8.61. The first kappa shape index (κ1) is 13.4. The Bertz CT molecular complexity index is 555. The van der Waals surface area contributed by atoms with Crippen molar-refractivity contribution in [3.05, 3.63) is 69.2 Å². The summed E-state index contributed by atoms with van der Waals surface area (Å²) in [6.45, 7) is 2.05. The molecule has 0 bridgehead atoms. The lowest BCUT2D eigenvalue weighted by Gasteiger charge is -2.18. The van der Waals surface area contributed by atoms with Gasteiger partial charge in [0.1, 0.15) is 0 Å². The van der Waals surface area contributed by atoms with Crippen LogP contribution in [0.15, 0.2) is 42.5 Å². The molecule has 0 aliphatic heterocycles. The standard InChI is InChI=1S/C14H14Cl2N2/c1-9-3-2-4-10(7-9)14(18-17)11-5-6-12(15)13(16)8-11/h2-8,14,18H,17H2,1H3. The van der Waals surface area contributed by atoms with Gasteiger partial charge in [-0.05, 0) is 30.2 Å². The number of nitrogens with one attached hydrogen (secondary N) is 1. The van der Waals surface area contributed by atoms with E-state index in [0.717, 1.165) is 11.1 Å². The van der Waals surface area contributed by atoms with Crippen LogP contribution in [0.3, 0.4) is 0 Å². The minimum atomic E-state index is -0.0975. The molecule has 0 aliphatic rings. The highest BCUT2D eigenvalue weighted by molar-refractivity contribution is 6.42. The summed E-state index contributed by atoms with van der Waals surface area (Å²) in [5.74, 6) is 5.65. The largest absolute Gasteiger partial charge is 0.271 e. The van der Waals surface area contributed by atoms with Crippen molar-refractivity contribution >= 4 is 23.2 Å². The first-order valence-electron chi connectivity index (χ1n) is 5.59. The normalized spacial score (nSPS) is 12.4. The fraction of sp³-hybridized carbons (Fsp3) is 0.143. The average molecular weight is 281 g/mol. The van der Waals surface area contributed by atoms with Crippen LogP contribution < -0.4 is 11.3 Å². The van der Waals surface area contributed by atoms with Crippen LogP contribution in [0.25, 0.3) is 0 Å². The van der Waals surface area contributed by atoms with E-state index in [0.29, 0.717) is 10.0 Å². The summed E-state index contributed by atoms with van der Waals surface area (Å²) >= 11 is 11.9. The van der Waals surface area contributed by atoms with E-state index in [1.807, 2.05) is 37.3 Å². The van der Waals surface area contributed by atoms with Gasteiger partial charge in [-0.15, -0.1) is 0 Å². The number of aryl methyl sites for hydroxylation is 1. The summed E-state index contributed by atoms with van der Waals surface area (Å²) < 4.78 is 0. The number of hydrogen-bond acceptors (Lipinski definition) is 2. The van der Waals surface area contributed by atoms with Crippen molar-refractivity contribution in [3.8, 4) is 0 Å². The molecule has 0 saturated heterocycles. The molecule has 0 spiro atoms. The van der Waals surface area contributed by atoms with Crippen molar-refractivity contribution < 1.29 is 0 Å². The van der Waals surface area contributed by atoms with Crippen molar-refractivity contribution in [1.29, 1.82) is 0 Å². The molecule has 0 fully saturated rings. The Balaban J connectivity index is 2.42. The maximum atomic E-state index is 6.03. The molecule has 0 aliphatic carbocycles. The first-order valence-corrected chi connectivity index (χ1v) is 6.35. The van der Waals surface area contributed by atoms with Gasteiger partial charge in [0.15, 0.2) is 0 Å². The predicted molar refractivity (Wildman–Crippen MR) is 76.8 cm³/mol. The topological polar surface area (TPSA) is 38.0 Å². The van der Waals surface area contributed by atoms with Crippen molar-refractivity contribution in [2.24, 2.45) is 5.84 Å². The second-order valence-electron chi connectivity index (χ2n) is 4.19. The summed E-state index contributed by atoms with van der Waals surface area (Å²) in [6.07, 6.45) is 0. The molecule has 1 unspecified atom stereocenters. The van der Waals surface area contributed by atoms with Gasteiger partial charge in [-0.25, -0.2) is 5.43 Å². The maximum Gasteiger partial charge on any atom is 0.0710 e. The molecule has 0 radical (unpaired) electrons. The zero-order valence-electron chi connectivity index (χ0n) is 9.95. The zero-order valence-corrected chi connectivity index (χ0v) is 11.5. The van der Waals surface area contributed by atoms with Crippen LogP contribution in [0.4, 0.5) is 0 Å². The number of hydrogen-bond donors (Lipinski definition) is 2. The second kappa shape index (κ2) is 5.72. The highest BCUT2D eigenvalue weighted by Crippen LogP contribution is 2.28. The van der Waals surface area contributed by atoms with Crippen molar-refractivity contribution in [2.75, 3.05) is 0 Å². The van der Waals surface area contributed by atoms with Gasteiger partial charge < -0.3 is 0 Å². The molecule has 2 aromatic carbocycles. The monoisotopic (exact) mass is 280 g/mol. The number of nitrogens with two attached hydrogens (primary N) is 1. The lowest BCUT2D eigenvalue weighted by atomic mass is 9.98. The molecule has 1 atom stereocenters. The highest BCUT2D eigenvalue weighted by Gasteiger charge is 2.13. The van der Waals surface area contributed by atoms with E-state index in [2.05, 4.69) is 11.5 Å². The van der Waals surface area contributed by atoms with E-state index in [4.69, 9.17) is 29.0 Å². The van der Waals surface area contributed by atoms with Gasteiger partial charge in [0.05, 0.1) is 16.1 Å². The van der Waals surface area contributed by atoms with Gasteiger partial charge in [-0.2, -0.15) is 0 Å². The van der Waals surface area contributed by atoms with Crippen molar-refractivity contribution in [3.63, 3.8) is 0 Å². The van der Waals surface area contributed by atoms with E-state index >= 15 is 0 Å². The summed E-state index contributed by atoms with van der Waals surface area (Å²) in [6, 6.07) is 13.6. The molecular formula is C14H14Cl2N2. The van der Waals surface area contributed by atoms with E-state index in [1.165, 1.54) is 5.56 Å². The Morgan fingerprint density at radius 2 is 1.72 bits per heavy atom. The van der Waals surface area contributed by atoms with Gasteiger partial charge in [-0.3, -0.25) is 5.84 Å². The van der Waals surface area contributed by atoms with Crippen LogP contribution in [0.5, 0.6) is 0 Å². The summed E-state index contributed by atoms with van der Waals surface area (Å²) in [7, 11) is 0. The molecule has 0 aromatic heterocycles.